The maximum atomic E-state index is 12.4. The number of benzene rings is 2. The third-order valence-corrected chi connectivity index (χ3v) is 3.79. The highest BCUT2D eigenvalue weighted by Gasteiger charge is 2.28. The Balaban J connectivity index is 1.99. The summed E-state index contributed by atoms with van der Waals surface area (Å²) in [7, 11) is 3.01. The first-order valence-electron chi connectivity index (χ1n) is 8.03. The van der Waals surface area contributed by atoms with Gasteiger partial charge in [-0.25, -0.2) is 0 Å². The molecule has 1 N–H and O–H groups in total. The van der Waals surface area contributed by atoms with E-state index in [1.54, 1.807) is 24.3 Å². The van der Waals surface area contributed by atoms with Gasteiger partial charge in [0.15, 0.2) is 6.61 Å². The Labute approximate surface area is 155 Å². The first-order chi connectivity index (χ1) is 12.7. The van der Waals surface area contributed by atoms with Crippen LogP contribution in [-0.2, 0) is 6.54 Å². The Bertz CT molecular complexity index is 764. The number of methoxy groups -OCH3 is 2. The van der Waals surface area contributed by atoms with E-state index in [0.717, 1.165) is 5.56 Å². The normalized spacial score (nSPS) is 11.0. The summed E-state index contributed by atoms with van der Waals surface area (Å²) in [6.07, 6.45) is -4.39. The molecule has 0 bridgehead atoms. The number of hydrogen-bond donors (Lipinski definition) is 1. The number of carbonyl (C=O) groups is 1. The molecule has 1 amide bonds. The molecule has 0 fully saturated rings. The maximum Gasteiger partial charge on any atom is 0.422 e. The van der Waals surface area contributed by atoms with Crippen molar-refractivity contribution >= 4 is 5.91 Å². The summed E-state index contributed by atoms with van der Waals surface area (Å²) >= 11 is 0. The fourth-order valence-corrected chi connectivity index (χ4v) is 2.37. The van der Waals surface area contributed by atoms with Crippen LogP contribution in [0.3, 0.4) is 0 Å². The highest BCUT2D eigenvalue weighted by Crippen LogP contribution is 2.29. The van der Waals surface area contributed by atoms with Gasteiger partial charge in [-0.3, -0.25) is 4.79 Å². The van der Waals surface area contributed by atoms with Gasteiger partial charge >= 0.3 is 6.18 Å². The van der Waals surface area contributed by atoms with E-state index in [1.165, 1.54) is 26.4 Å². The lowest BCUT2D eigenvalue weighted by molar-refractivity contribution is -0.153. The average Bonchev–Trinajstić information content (AvgIpc) is 2.64. The van der Waals surface area contributed by atoms with Gasteiger partial charge < -0.3 is 19.5 Å². The van der Waals surface area contributed by atoms with Gasteiger partial charge in [0.1, 0.15) is 17.2 Å². The third kappa shape index (κ3) is 5.80. The van der Waals surface area contributed by atoms with Crippen molar-refractivity contribution in [1.82, 2.24) is 5.32 Å². The number of hydrogen-bond acceptors (Lipinski definition) is 4. The van der Waals surface area contributed by atoms with Crippen LogP contribution in [0.4, 0.5) is 13.2 Å². The Morgan fingerprint density at radius 2 is 1.59 bits per heavy atom. The molecule has 0 spiro atoms. The molecule has 0 saturated carbocycles. The second-order valence-electron chi connectivity index (χ2n) is 5.74. The van der Waals surface area contributed by atoms with Gasteiger partial charge in [0, 0.05) is 17.7 Å². The molecular weight excluding hydrogens is 363 g/mol. The zero-order valence-corrected chi connectivity index (χ0v) is 15.1. The van der Waals surface area contributed by atoms with Gasteiger partial charge in [-0.05, 0) is 36.8 Å². The molecule has 2 aromatic rings. The van der Waals surface area contributed by atoms with Crippen LogP contribution >= 0.6 is 0 Å². The van der Waals surface area contributed by atoms with Gasteiger partial charge in [-0.1, -0.05) is 12.1 Å². The summed E-state index contributed by atoms with van der Waals surface area (Å²) in [5.74, 6) is 0.843. The van der Waals surface area contributed by atoms with Crippen molar-refractivity contribution in [3.05, 3.63) is 53.1 Å². The molecular formula is C19H20F3NO4. The zero-order chi connectivity index (χ0) is 20.0. The number of alkyl halides is 3. The molecule has 146 valence electrons. The van der Waals surface area contributed by atoms with E-state index in [0.29, 0.717) is 22.6 Å². The Hall–Kier alpha value is -2.90. The minimum absolute atomic E-state index is 0.107. The first kappa shape index (κ1) is 20.4. The topological polar surface area (TPSA) is 56.8 Å². The standard InChI is InChI=1S/C19H20F3NO4/c1-12-16(25-2)8-14(9-17(12)26-3)18(24)23-10-13-4-6-15(7-5-13)27-11-19(20,21)22/h4-9H,10-11H2,1-3H3,(H,23,24). The second kappa shape index (κ2) is 8.66. The van der Waals surface area contributed by atoms with Crippen LogP contribution in [0.1, 0.15) is 21.5 Å². The molecule has 0 aliphatic heterocycles. The summed E-state index contributed by atoms with van der Waals surface area (Å²) in [5, 5.41) is 2.74. The summed E-state index contributed by atoms with van der Waals surface area (Å²) in [5.41, 5.74) is 1.87. The Morgan fingerprint density at radius 1 is 1.04 bits per heavy atom. The lowest BCUT2D eigenvalue weighted by Gasteiger charge is -2.13. The fourth-order valence-electron chi connectivity index (χ4n) is 2.37. The van der Waals surface area contributed by atoms with Crippen molar-refractivity contribution < 1.29 is 32.2 Å². The number of halogens is 3. The summed E-state index contributed by atoms with van der Waals surface area (Å²) < 4.78 is 51.5. The second-order valence-corrected chi connectivity index (χ2v) is 5.74. The largest absolute Gasteiger partial charge is 0.496 e. The zero-order valence-electron chi connectivity index (χ0n) is 15.1. The van der Waals surface area contributed by atoms with Crippen LogP contribution in [-0.4, -0.2) is 32.9 Å². The molecule has 27 heavy (non-hydrogen) atoms. The highest BCUT2D eigenvalue weighted by atomic mass is 19.4. The smallest absolute Gasteiger partial charge is 0.422 e. The molecule has 8 heteroatoms. The van der Waals surface area contributed by atoms with Crippen molar-refractivity contribution in [3.63, 3.8) is 0 Å². The van der Waals surface area contributed by atoms with E-state index in [4.69, 9.17) is 9.47 Å². The Kier molecular flexibility index (Phi) is 6.55. The van der Waals surface area contributed by atoms with Crippen molar-refractivity contribution in [3.8, 4) is 17.2 Å². The number of ether oxygens (including phenoxy) is 3. The molecule has 0 atom stereocenters. The SMILES string of the molecule is COc1cc(C(=O)NCc2ccc(OCC(F)(F)F)cc2)cc(OC)c1C. The van der Waals surface area contributed by atoms with E-state index in [-0.39, 0.29) is 18.2 Å². The van der Waals surface area contributed by atoms with Crippen LogP contribution in [0, 0.1) is 6.92 Å². The summed E-state index contributed by atoms with van der Waals surface area (Å²) in [6.45, 7) is 0.679. The molecule has 0 saturated heterocycles. The van der Waals surface area contributed by atoms with Crippen LogP contribution in [0.15, 0.2) is 36.4 Å². The minimum atomic E-state index is -4.39. The first-order valence-corrected chi connectivity index (χ1v) is 8.03. The van der Waals surface area contributed by atoms with Crippen LogP contribution in [0.5, 0.6) is 17.2 Å². The monoisotopic (exact) mass is 383 g/mol. The number of nitrogens with one attached hydrogen (secondary N) is 1. The average molecular weight is 383 g/mol. The van der Waals surface area contributed by atoms with Crippen LogP contribution in [0.25, 0.3) is 0 Å². The lowest BCUT2D eigenvalue weighted by Crippen LogP contribution is -2.23. The highest BCUT2D eigenvalue weighted by molar-refractivity contribution is 5.95. The number of rotatable bonds is 7. The fraction of sp³-hybridized carbons (Fsp3) is 0.316. The molecule has 0 radical (unpaired) electrons. The number of amides is 1. The predicted molar refractivity (Wildman–Crippen MR) is 93.4 cm³/mol. The van der Waals surface area contributed by atoms with E-state index in [1.807, 2.05) is 6.92 Å². The minimum Gasteiger partial charge on any atom is -0.496 e. The van der Waals surface area contributed by atoms with E-state index >= 15 is 0 Å². The molecule has 2 aromatic carbocycles. The summed E-state index contributed by atoms with van der Waals surface area (Å²) in [4.78, 5) is 12.4. The molecule has 0 heterocycles. The third-order valence-electron chi connectivity index (χ3n) is 3.79. The molecule has 5 nitrogen and oxygen atoms in total. The molecule has 0 aliphatic carbocycles. The van der Waals surface area contributed by atoms with E-state index in [2.05, 4.69) is 10.1 Å². The van der Waals surface area contributed by atoms with E-state index in [9.17, 15) is 18.0 Å². The van der Waals surface area contributed by atoms with Gasteiger partial charge in [0.2, 0.25) is 0 Å². The Morgan fingerprint density at radius 3 is 2.07 bits per heavy atom. The van der Waals surface area contributed by atoms with Crippen molar-refractivity contribution in [2.75, 3.05) is 20.8 Å². The van der Waals surface area contributed by atoms with Crippen LogP contribution < -0.4 is 19.5 Å². The van der Waals surface area contributed by atoms with Gasteiger partial charge in [-0.2, -0.15) is 13.2 Å². The van der Waals surface area contributed by atoms with Gasteiger partial charge in [0.05, 0.1) is 14.2 Å². The molecule has 0 unspecified atom stereocenters. The van der Waals surface area contributed by atoms with Crippen molar-refractivity contribution in [1.29, 1.82) is 0 Å². The number of carbonyl (C=O) groups excluding carboxylic acids is 1. The lowest BCUT2D eigenvalue weighted by atomic mass is 10.1. The maximum absolute atomic E-state index is 12.4. The molecule has 2 rings (SSSR count). The van der Waals surface area contributed by atoms with Gasteiger partial charge in [0.25, 0.3) is 5.91 Å². The van der Waals surface area contributed by atoms with Gasteiger partial charge in [-0.15, -0.1) is 0 Å². The van der Waals surface area contributed by atoms with E-state index < -0.39 is 12.8 Å². The molecule has 0 aliphatic rings. The predicted octanol–water partition coefficient (Wildman–Crippen LogP) is 3.88. The summed E-state index contributed by atoms with van der Waals surface area (Å²) in [6, 6.07) is 9.24. The van der Waals surface area contributed by atoms with Crippen LogP contribution in [0.2, 0.25) is 0 Å². The quantitative estimate of drug-likeness (QED) is 0.788. The molecule has 0 aromatic heterocycles. The van der Waals surface area contributed by atoms with Crippen molar-refractivity contribution in [2.24, 2.45) is 0 Å². The van der Waals surface area contributed by atoms with Crippen molar-refractivity contribution in [2.45, 2.75) is 19.6 Å².